The second kappa shape index (κ2) is 3.93. The molecule has 2 aromatic carbocycles. The van der Waals surface area contributed by atoms with Crippen molar-refractivity contribution in [2.75, 3.05) is 0 Å². The lowest BCUT2D eigenvalue weighted by Gasteiger charge is -2.02. The molecule has 0 aliphatic rings. The summed E-state index contributed by atoms with van der Waals surface area (Å²) in [7, 11) is 0. The van der Waals surface area contributed by atoms with Crippen LogP contribution in [0.2, 0.25) is 0 Å². The molecule has 0 bridgehead atoms. The van der Waals surface area contributed by atoms with Crippen molar-refractivity contribution in [3.8, 4) is 11.3 Å². The summed E-state index contributed by atoms with van der Waals surface area (Å²) in [5.74, 6) is 0. The van der Waals surface area contributed by atoms with E-state index >= 15 is 0 Å². The van der Waals surface area contributed by atoms with Crippen LogP contribution in [-0.4, -0.2) is 9.38 Å². The molecule has 0 saturated heterocycles. The normalized spacial score (nSPS) is 11.4. The van der Waals surface area contributed by atoms with Gasteiger partial charge in [-0.3, -0.25) is 4.40 Å². The van der Waals surface area contributed by atoms with Gasteiger partial charge in [0.05, 0.1) is 16.7 Å². The van der Waals surface area contributed by atoms with Crippen molar-refractivity contribution >= 4 is 27.3 Å². The number of rotatable bonds is 1. The first kappa shape index (κ1) is 10.8. The molecule has 0 N–H and O–H groups in total. The Bertz CT molecular complexity index is 872. The number of para-hydroxylation sites is 2. The molecule has 2 heterocycles. The molecule has 0 atom stereocenters. The molecular formula is C16H12N2S. The van der Waals surface area contributed by atoms with Crippen molar-refractivity contribution in [2.45, 2.75) is 6.92 Å². The predicted octanol–water partition coefficient (Wildman–Crippen LogP) is 4.52. The maximum Gasteiger partial charge on any atom is 0.195 e. The highest BCUT2D eigenvalue weighted by Gasteiger charge is 2.14. The molecule has 0 fully saturated rings. The Morgan fingerprint density at radius 1 is 0.947 bits per heavy atom. The molecule has 0 aliphatic heterocycles. The minimum absolute atomic E-state index is 1.06. The van der Waals surface area contributed by atoms with Gasteiger partial charge in [0.15, 0.2) is 4.96 Å². The third kappa shape index (κ3) is 1.52. The summed E-state index contributed by atoms with van der Waals surface area (Å²) in [6, 6.07) is 18.8. The summed E-state index contributed by atoms with van der Waals surface area (Å²) >= 11 is 1.75. The van der Waals surface area contributed by atoms with Gasteiger partial charge in [-0.1, -0.05) is 42.5 Å². The van der Waals surface area contributed by atoms with Crippen LogP contribution in [0, 0.1) is 6.92 Å². The van der Waals surface area contributed by atoms with Gasteiger partial charge in [0.1, 0.15) is 0 Å². The number of hydrogen-bond acceptors (Lipinski definition) is 2. The van der Waals surface area contributed by atoms with Crippen LogP contribution in [0.3, 0.4) is 0 Å². The number of hydrogen-bond donors (Lipinski definition) is 0. The summed E-state index contributed by atoms with van der Waals surface area (Å²) in [5.41, 5.74) is 4.75. The monoisotopic (exact) mass is 264 g/mol. The molecule has 2 aromatic heterocycles. The number of benzene rings is 2. The SMILES string of the molecule is Cc1sc2nc3ccccc3n2c1-c1ccccc1. The summed E-state index contributed by atoms with van der Waals surface area (Å²) in [6.45, 7) is 2.16. The van der Waals surface area contributed by atoms with Crippen LogP contribution in [0.15, 0.2) is 54.6 Å². The zero-order chi connectivity index (χ0) is 12.8. The first-order chi connectivity index (χ1) is 9.34. The number of imidazole rings is 1. The van der Waals surface area contributed by atoms with E-state index in [1.165, 1.54) is 21.7 Å². The van der Waals surface area contributed by atoms with Gasteiger partial charge in [-0.15, -0.1) is 11.3 Å². The smallest absolute Gasteiger partial charge is 0.195 e. The van der Waals surface area contributed by atoms with E-state index in [4.69, 9.17) is 4.98 Å². The number of nitrogens with zero attached hydrogens (tertiary/aromatic N) is 2. The molecule has 2 nitrogen and oxygen atoms in total. The summed E-state index contributed by atoms with van der Waals surface area (Å²) < 4.78 is 2.27. The Hall–Kier alpha value is -2.13. The zero-order valence-electron chi connectivity index (χ0n) is 10.5. The first-order valence-corrected chi connectivity index (χ1v) is 7.08. The van der Waals surface area contributed by atoms with Gasteiger partial charge >= 0.3 is 0 Å². The van der Waals surface area contributed by atoms with E-state index in [1.807, 2.05) is 6.07 Å². The number of aromatic nitrogens is 2. The van der Waals surface area contributed by atoms with Crippen LogP contribution < -0.4 is 0 Å². The Morgan fingerprint density at radius 2 is 1.68 bits per heavy atom. The minimum Gasteiger partial charge on any atom is -0.283 e. The van der Waals surface area contributed by atoms with Crippen LogP contribution in [0.5, 0.6) is 0 Å². The van der Waals surface area contributed by atoms with Gasteiger partial charge in [0, 0.05) is 4.88 Å². The Labute approximate surface area is 115 Å². The molecular weight excluding hydrogens is 252 g/mol. The van der Waals surface area contributed by atoms with Crippen molar-refractivity contribution in [3.63, 3.8) is 0 Å². The van der Waals surface area contributed by atoms with E-state index in [9.17, 15) is 0 Å². The summed E-state index contributed by atoms with van der Waals surface area (Å²) in [6.07, 6.45) is 0. The predicted molar refractivity (Wildman–Crippen MR) is 80.7 cm³/mol. The maximum absolute atomic E-state index is 4.70. The van der Waals surface area contributed by atoms with Crippen molar-refractivity contribution in [3.05, 3.63) is 59.5 Å². The molecule has 3 heteroatoms. The fourth-order valence-corrected chi connectivity index (χ4v) is 3.56. The van der Waals surface area contributed by atoms with Crippen LogP contribution >= 0.6 is 11.3 Å². The third-order valence-electron chi connectivity index (χ3n) is 3.38. The van der Waals surface area contributed by atoms with E-state index in [-0.39, 0.29) is 0 Å². The van der Waals surface area contributed by atoms with Crippen molar-refractivity contribution in [1.29, 1.82) is 0 Å². The van der Waals surface area contributed by atoms with Gasteiger partial charge in [-0.2, -0.15) is 0 Å². The lowest BCUT2D eigenvalue weighted by molar-refractivity contribution is 1.26. The Kier molecular flexibility index (Phi) is 2.23. The molecule has 4 aromatic rings. The van der Waals surface area contributed by atoms with Crippen molar-refractivity contribution in [2.24, 2.45) is 0 Å². The average molecular weight is 264 g/mol. The van der Waals surface area contributed by atoms with Crippen molar-refractivity contribution in [1.82, 2.24) is 9.38 Å². The number of fused-ring (bicyclic) bond motifs is 3. The number of thiazole rings is 1. The molecule has 19 heavy (non-hydrogen) atoms. The molecule has 0 unspecified atom stereocenters. The standard InChI is InChI=1S/C16H12N2S/c1-11-15(12-7-3-2-4-8-12)18-14-10-6-5-9-13(14)17-16(18)19-11/h2-10H,1H3. The molecule has 92 valence electrons. The second-order valence-corrected chi connectivity index (χ2v) is 5.77. The largest absolute Gasteiger partial charge is 0.283 e. The maximum atomic E-state index is 4.70. The van der Waals surface area contributed by atoms with Crippen LogP contribution in [0.25, 0.3) is 27.3 Å². The van der Waals surface area contributed by atoms with Gasteiger partial charge in [0.25, 0.3) is 0 Å². The van der Waals surface area contributed by atoms with Gasteiger partial charge in [-0.05, 0) is 24.6 Å². The molecule has 0 saturated carbocycles. The minimum atomic E-state index is 1.06. The molecule has 4 rings (SSSR count). The molecule has 0 amide bonds. The van der Waals surface area contributed by atoms with E-state index in [0.29, 0.717) is 0 Å². The topological polar surface area (TPSA) is 17.3 Å². The van der Waals surface area contributed by atoms with E-state index in [0.717, 1.165) is 10.5 Å². The Morgan fingerprint density at radius 3 is 2.53 bits per heavy atom. The highest BCUT2D eigenvalue weighted by Crippen LogP contribution is 2.33. The van der Waals surface area contributed by atoms with E-state index in [2.05, 4.69) is 59.9 Å². The van der Waals surface area contributed by atoms with Gasteiger partial charge in [0.2, 0.25) is 0 Å². The van der Waals surface area contributed by atoms with Crippen LogP contribution in [0.4, 0.5) is 0 Å². The second-order valence-electron chi connectivity index (χ2n) is 4.59. The lowest BCUT2D eigenvalue weighted by atomic mass is 10.1. The highest BCUT2D eigenvalue weighted by atomic mass is 32.1. The van der Waals surface area contributed by atoms with Gasteiger partial charge < -0.3 is 0 Å². The highest BCUT2D eigenvalue weighted by molar-refractivity contribution is 7.17. The third-order valence-corrected chi connectivity index (χ3v) is 4.33. The quantitative estimate of drug-likeness (QED) is 0.494. The molecule has 0 radical (unpaired) electrons. The summed E-state index contributed by atoms with van der Waals surface area (Å²) in [5, 5.41) is 0. The van der Waals surface area contributed by atoms with Gasteiger partial charge in [-0.25, -0.2) is 4.98 Å². The average Bonchev–Trinajstić information content (AvgIpc) is 2.94. The fourth-order valence-electron chi connectivity index (χ4n) is 2.56. The van der Waals surface area contributed by atoms with Crippen LogP contribution in [0.1, 0.15) is 4.88 Å². The fraction of sp³-hybridized carbons (Fsp3) is 0.0625. The van der Waals surface area contributed by atoms with Crippen molar-refractivity contribution < 1.29 is 0 Å². The lowest BCUT2D eigenvalue weighted by Crippen LogP contribution is -1.87. The van der Waals surface area contributed by atoms with Crippen LogP contribution in [-0.2, 0) is 0 Å². The first-order valence-electron chi connectivity index (χ1n) is 6.26. The molecule has 0 spiro atoms. The summed E-state index contributed by atoms with van der Waals surface area (Å²) in [4.78, 5) is 7.08. The number of aryl methyl sites for hydroxylation is 1. The Balaban J connectivity index is 2.17. The molecule has 0 aliphatic carbocycles. The van der Waals surface area contributed by atoms with E-state index < -0.39 is 0 Å². The zero-order valence-corrected chi connectivity index (χ0v) is 11.3. The van der Waals surface area contributed by atoms with E-state index in [1.54, 1.807) is 11.3 Å².